The van der Waals surface area contributed by atoms with Crippen LogP contribution in [0.25, 0.3) is 0 Å². The Labute approximate surface area is 491 Å². The average molecular weight is 1100 g/mol. The summed E-state index contributed by atoms with van der Waals surface area (Å²) in [5.41, 5.74) is 0. The number of rotatable bonds is 55. The van der Waals surface area contributed by atoms with E-state index in [9.17, 15) is 14.7 Å². The molecule has 1 N–H and O–H groups in total. The Hall–Kier alpha value is -5.52. The number of aliphatic hydroxyl groups is 1. The fraction of sp³-hybridized carbons (Fsp3) is 0.520. The first kappa shape index (κ1) is 74.5. The number of aliphatic hydroxyl groups excluding tert-OH is 1. The number of allylic oxidation sites excluding steroid dienone is 34. The smallest absolute Gasteiger partial charge is 0.306 e. The third kappa shape index (κ3) is 65.0. The van der Waals surface area contributed by atoms with E-state index in [-0.39, 0.29) is 31.6 Å². The molecule has 0 saturated carbocycles. The summed E-state index contributed by atoms with van der Waals surface area (Å²) in [5, 5.41) is 9.67. The number of hydrogen-bond acceptors (Lipinski definition) is 5. The third-order valence-corrected chi connectivity index (χ3v) is 12.6. The molecule has 0 aliphatic rings. The Morgan fingerprint density at radius 3 is 0.787 bits per heavy atom. The fourth-order valence-electron chi connectivity index (χ4n) is 7.92. The molecule has 0 heterocycles. The predicted molar refractivity (Wildman–Crippen MR) is 352 cm³/mol. The molecule has 5 heteroatoms. The Balaban J connectivity index is 3.66. The molecular formula is C75H114O5. The molecule has 0 spiro atoms. The minimum atomic E-state index is -0.821. The number of carbonyl (C=O) groups is 2. The van der Waals surface area contributed by atoms with Gasteiger partial charge in [0.25, 0.3) is 0 Å². The summed E-state index contributed by atoms with van der Waals surface area (Å²) in [7, 11) is 0. The Morgan fingerprint density at radius 1 is 0.287 bits per heavy atom. The molecule has 444 valence electrons. The summed E-state index contributed by atoms with van der Waals surface area (Å²) in [6.45, 7) is 3.85. The van der Waals surface area contributed by atoms with Gasteiger partial charge in [-0.05, 0) is 141 Å². The van der Waals surface area contributed by atoms with Crippen LogP contribution in [0, 0.1) is 0 Å². The zero-order chi connectivity index (χ0) is 57.6. The van der Waals surface area contributed by atoms with Crippen molar-refractivity contribution < 1.29 is 24.2 Å². The van der Waals surface area contributed by atoms with Gasteiger partial charge in [-0.1, -0.05) is 285 Å². The van der Waals surface area contributed by atoms with Gasteiger partial charge in [-0.3, -0.25) is 9.59 Å². The van der Waals surface area contributed by atoms with Gasteiger partial charge in [-0.2, -0.15) is 0 Å². The summed E-state index contributed by atoms with van der Waals surface area (Å²) in [5.74, 6) is -0.677. The lowest BCUT2D eigenvalue weighted by Crippen LogP contribution is -2.28. The highest BCUT2D eigenvalue weighted by molar-refractivity contribution is 5.70. The van der Waals surface area contributed by atoms with E-state index in [1.54, 1.807) is 0 Å². The SMILES string of the molecule is CC/C=C\C/C=C\C/C=C\C/C=C\C/C=C\C/C=C\C/C=C\C/C=C\C/C=C\CCCC(=O)OC(CO)COC(=O)CCCCCCCCCCCCCC/C=C\C/C=C\C/C=C\C/C=C\C/C=C\C/C=C\C/C=C\C/C=C\CC. The number of hydrogen-bond donors (Lipinski definition) is 1. The van der Waals surface area contributed by atoms with E-state index in [2.05, 4.69) is 220 Å². The number of ether oxygens (including phenoxy) is 2. The van der Waals surface area contributed by atoms with Gasteiger partial charge in [-0.25, -0.2) is 0 Å². The van der Waals surface area contributed by atoms with Crippen LogP contribution in [0.3, 0.4) is 0 Å². The van der Waals surface area contributed by atoms with E-state index >= 15 is 0 Å². The highest BCUT2D eigenvalue weighted by Crippen LogP contribution is 2.14. The van der Waals surface area contributed by atoms with Gasteiger partial charge >= 0.3 is 11.9 Å². The molecule has 5 nitrogen and oxygen atoms in total. The van der Waals surface area contributed by atoms with Crippen LogP contribution in [0.1, 0.15) is 232 Å². The van der Waals surface area contributed by atoms with Crippen molar-refractivity contribution in [1.29, 1.82) is 0 Å². The maximum atomic E-state index is 12.3. The van der Waals surface area contributed by atoms with Crippen LogP contribution in [-0.4, -0.2) is 36.4 Å². The molecule has 80 heavy (non-hydrogen) atoms. The molecule has 1 unspecified atom stereocenters. The molecule has 0 rings (SSSR count). The molecule has 1 atom stereocenters. The van der Waals surface area contributed by atoms with Crippen LogP contribution in [0.2, 0.25) is 0 Å². The second kappa shape index (κ2) is 67.8. The predicted octanol–water partition coefficient (Wildman–Crippen LogP) is 22.2. The third-order valence-electron chi connectivity index (χ3n) is 12.6. The summed E-state index contributed by atoms with van der Waals surface area (Å²) >= 11 is 0. The summed E-state index contributed by atoms with van der Waals surface area (Å²) in [6, 6.07) is 0. The molecule has 0 saturated heterocycles. The average Bonchev–Trinajstić information content (AvgIpc) is 3.46. The lowest BCUT2D eigenvalue weighted by molar-refractivity contribution is -0.161. The number of carbonyl (C=O) groups excluding carboxylic acids is 2. The monoisotopic (exact) mass is 1090 g/mol. The largest absolute Gasteiger partial charge is 0.462 e. The highest BCUT2D eigenvalue weighted by Gasteiger charge is 2.16. The summed E-state index contributed by atoms with van der Waals surface area (Å²) < 4.78 is 10.7. The molecular weight excluding hydrogens is 981 g/mol. The highest BCUT2D eigenvalue weighted by atomic mass is 16.6. The standard InChI is InChI=1S/C75H114O5/c1-3-5-7-9-11-13-15-17-19-21-23-25-27-29-31-33-34-35-36-37-38-39-40-42-43-45-47-49-51-53-55-57-59-61-63-65-67-69-74(77)79-72-73(71-76)80-75(78)70-68-66-64-62-60-58-56-54-52-50-48-46-44-41-32-30-28-26-24-22-20-18-16-14-12-10-8-6-4-2/h5-8,11-14,17-20,23-26,29-32,34-35,37-38,40,42,44,46,50,52,56,58,62,64,73,76H,3-4,9-10,15-16,21-22,27-28,33,36,39,41,43,45,47-49,51,53-55,57,59-61,63,65-72H2,1-2H3/b7-5-,8-6-,13-11-,14-12-,19-17-,20-18-,25-23-,26-24-,31-29-,32-30-,35-34-,38-37-,42-40-,46-44-,52-50-,58-56-,64-62-. The second-order valence-corrected chi connectivity index (χ2v) is 20.0. The Morgan fingerprint density at radius 2 is 0.512 bits per heavy atom. The molecule has 0 aliphatic carbocycles. The van der Waals surface area contributed by atoms with Crippen molar-refractivity contribution in [2.75, 3.05) is 13.2 Å². The molecule has 0 aromatic carbocycles. The van der Waals surface area contributed by atoms with Crippen molar-refractivity contribution >= 4 is 11.9 Å². The second-order valence-electron chi connectivity index (χ2n) is 20.0. The molecule has 0 aromatic heterocycles. The van der Waals surface area contributed by atoms with Crippen molar-refractivity contribution in [3.05, 3.63) is 207 Å². The zero-order valence-corrected chi connectivity index (χ0v) is 50.7. The van der Waals surface area contributed by atoms with E-state index in [0.717, 1.165) is 135 Å². The maximum absolute atomic E-state index is 12.3. The Kier molecular flexibility index (Phi) is 63.1. The van der Waals surface area contributed by atoms with Crippen LogP contribution in [0.15, 0.2) is 207 Å². The van der Waals surface area contributed by atoms with Gasteiger partial charge in [0, 0.05) is 12.8 Å². The zero-order valence-electron chi connectivity index (χ0n) is 50.7. The summed E-state index contributed by atoms with van der Waals surface area (Å²) in [4.78, 5) is 24.6. The molecule has 0 fully saturated rings. The van der Waals surface area contributed by atoms with Crippen molar-refractivity contribution in [3.8, 4) is 0 Å². The summed E-state index contributed by atoms with van der Waals surface area (Å²) in [6.07, 6.45) is 110. The van der Waals surface area contributed by atoms with Gasteiger partial charge in [-0.15, -0.1) is 0 Å². The van der Waals surface area contributed by atoms with Crippen molar-refractivity contribution in [1.82, 2.24) is 0 Å². The first-order valence-corrected chi connectivity index (χ1v) is 31.6. The van der Waals surface area contributed by atoms with Crippen molar-refractivity contribution in [3.63, 3.8) is 0 Å². The van der Waals surface area contributed by atoms with Gasteiger partial charge in [0.05, 0.1) is 6.61 Å². The maximum Gasteiger partial charge on any atom is 0.306 e. The molecule has 0 aromatic rings. The van der Waals surface area contributed by atoms with Crippen LogP contribution < -0.4 is 0 Å². The first-order valence-electron chi connectivity index (χ1n) is 31.6. The topological polar surface area (TPSA) is 72.8 Å². The first-order chi connectivity index (χ1) is 39.6. The molecule has 0 bridgehead atoms. The van der Waals surface area contributed by atoms with E-state index in [0.29, 0.717) is 12.8 Å². The lowest BCUT2D eigenvalue weighted by Gasteiger charge is -2.15. The van der Waals surface area contributed by atoms with Crippen LogP contribution in [0.5, 0.6) is 0 Å². The van der Waals surface area contributed by atoms with E-state index in [1.807, 2.05) is 0 Å². The van der Waals surface area contributed by atoms with E-state index in [4.69, 9.17) is 9.47 Å². The molecule has 0 radical (unpaired) electrons. The lowest BCUT2D eigenvalue weighted by atomic mass is 10.0. The minimum Gasteiger partial charge on any atom is -0.462 e. The van der Waals surface area contributed by atoms with Gasteiger partial charge in [0.1, 0.15) is 6.61 Å². The Bertz CT molecular complexity index is 1910. The quantitative estimate of drug-likeness (QED) is 0.0373. The van der Waals surface area contributed by atoms with Crippen LogP contribution >= 0.6 is 0 Å². The fourth-order valence-corrected chi connectivity index (χ4v) is 7.92. The van der Waals surface area contributed by atoms with Crippen molar-refractivity contribution in [2.24, 2.45) is 0 Å². The van der Waals surface area contributed by atoms with Crippen molar-refractivity contribution in [2.45, 2.75) is 238 Å². The van der Waals surface area contributed by atoms with E-state index in [1.165, 1.54) is 64.2 Å². The minimum absolute atomic E-state index is 0.104. The number of esters is 2. The van der Waals surface area contributed by atoms with Crippen LogP contribution in [0.4, 0.5) is 0 Å². The molecule has 0 aliphatic heterocycles. The van der Waals surface area contributed by atoms with Gasteiger partial charge in [0.15, 0.2) is 6.10 Å². The van der Waals surface area contributed by atoms with E-state index < -0.39 is 6.10 Å². The normalized spacial score (nSPS) is 13.7. The van der Waals surface area contributed by atoms with Crippen LogP contribution in [-0.2, 0) is 19.1 Å². The number of unbranched alkanes of at least 4 members (excludes halogenated alkanes) is 13. The van der Waals surface area contributed by atoms with Gasteiger partial charge < -0.3 is 14.6 Å². The molecule has 0 amide bonds. The van der Waals surface area contributed by atoms with Gasteiger partial charge in [0.2, 0.25) is 0 Å².